The molecule has 1 heterocycles. The molecule has 4 nitrogen and oxygen atoms in total. The van der Waals surface area contributed by atoms with Crippen LogP contribution in [-0.2, 0) is 10.2 Å². The predicted molar refractivity (Wildman–Crippen MR) is 85.4 cm³/mol. The fraction of sp³-hybridized carbons (Fsp3) is 0.444. The van der Waals surface area contributed by atoms with E-state index in [2.05, 4.69) is 12.1 Å². The van der Waals surface area contributed by atoms with Gasteiger partial charge in [-0.15, -0.1) is 0 Å². The van der Waals surface area contributed by atoms with E-state index in [4.69, 9.17) is 4.52 Å². The van der Waals surface area contributed by atoms with E-state index in [9.17, 15) is 4.79 Å². The highest BCUT2D eigenvalue weighted by Gasteiger charge is 2.54. The van der Waals surface area contributed by atoms with E-state index in [0.29, 0.717) is 0 Å². The van der Waals surface area contributed by atoms with Gasteiger partial charge >= 0.3 is 0 Å². The monoisotopic (exact) mass is 298 g/mol. The van der Waals surface area contributed by atoms with E-state index in [1.54, 1.807) is 0 Å². The van der Waals surface area contributed by atoms with Crippen molar-refractivity contribution in [3.05, 3.63) is 42.1 Å². The van der Waals surface area contributed by atoms with Crippen LogP contribution < -0.4 is 0 Å². The second kappa shape index (κ2) is 5.95. The van der Waals surface area contributed by atoms with E-state index in [1.165, 1.54) is 0 Å². The predicted octanol–water partition coefficient (Wildman–Crippen LogP) is 3.63. The number of aromatic nitrogens is 1. The summed E-state index contributed by atoms with van der Waals surface area (Å²) in [5.41, 5.74) is 1.32. The number of likely N-dealkylation sites (N-methyl/N-ethyl adjacent to an activating group) is 1. The van der Waals surface area contributed by atoms with Crippen LogP contribution in [0.3, 0.4) is 0 Å². The van der Waals surface area contributed by atoms with Gasteiger partial charge in [0.15, 0.2) is 5.76 Å². The molecular weight excluding hydrogens is 276 g/mol. The molecule has 1 aliphatic carbocycles. The average molecular weight is 298 g/mol. The SMILES string of the molecule is CCCCN(C)C(=O)C1(c2cc(-c3ccccc3)on2)CC1. The molecule has 0 bridgehead atoms. The molecule has 22 heavy (non-hydrogen) atoms. The van der Waals surface area contributed by atoms with Crippen molar-refractivity contribution in [1.29, 1.82) is 0 Å². The van der Waals surface area contributed by atoms with Crippen LogP contribution in [0.15, 0.2) is 40.9 Å². The van der Waals surface area contributed by atoms with Gasteiger partial charge in [-0.2, -0.15) is 0 Å². The minimum Gasteiger partial charge on any atom is -0.356 e. The number of hydrogen-bond acceptors (Lipinski definition) is 3. The molecule has 116 valence electrons. The molecule has 1 saturated carbocycles. The Kier molecular flexibility index (Phi) is 4.01. The zero-order chi connectivity index (χ0) is 15.6. The van der Waals surface area contributed by atoms with Crippen molar-refractivity contribution in [3.63, 3.8) is 0 Å². The first-order chi connectivity index (χ1) is 10.7. The van der Waals surface area contributed by atoms with Crippen molar-refractivity contribution >= 4 is 5.91 Å². The van der Waals surface area contributed by atoms with E-state index in [1.807, 2.05) is 48.3 Å². The molecule has 0 atom stereocenters. The minimum absolute atomic E-state index is 0.175. The Hall–Kier alpha value is -2.10. The van der Waals surface area contributed by atoms with E-state index in [-0.39, 0.29) is 5.91 Å². The molecule has 3 rings (SSSR count). The summed E-state index contributed by atoms with van der Waals surface area (Å²) in [6, 6.07) is 11.8. The van der Waals surface area contributed by atoms with Crippen LogP contribution in [0.2, 0.25) is 0 Å². The molecule has 1 aromatic carbocycles. The summed E-state index contributed by atoms with van der Waals surface area (Å²) >= 11 is 0. The van der Waals surface area contributed by atoms with Gasteiger partial charge in [-0.1, -0.05) is 48.8 Å². The Bertz CT molecular complexity index is 644. The summed E-state index contributed by atoms with van der Waals surface area (Å²) in [6.07, 6.45) is 3.85. The van der Waals surface area contributed by atoms with Crippen molar-refractivity contribution in [1.82, 2.24) is 10.1 Å². The molecule has 0 N–H and O–H groups in total. The first kappa shape index (κ1) is 14.8. The number of carbonyl (C=O) groups excluding carboxylic acids is 1. The fourth-order valence-corrected chi connectivity index (χ4v) is 2.81. The van der Waals surface area contributed by atoms with Gasteiger partial charge in [0.25, 0.3) is 0 Å². The van der Waals surface area contributed by atoms with Crippen molar-refractivity contribution in [2.24, 2.45) is 0 Å². The largest absolute Gasteiger partial charge is 0.356 e. The van der Waals surface area contributed by atoms with Gasteiger partial charge in [0.05, 0.1) is 11.1 Å². The van der Waals surface area contributed by atoms with E-state index >= 15 is 0 Å². The lowest BCUT2D eigenvalue weighted by Gasteiger charge is -2.21. The lowest BCUT2D eigenvalue weighted by molar-refractivity contribution is -0.132. The number of nitrogens with zero attached hydrogens (tertiary/aromatic N) is 2. The molecule has 1 aromatic heterocycles. The molecule has 2 aromatic rings. The fourth-order valence-electron chi connectivity index (χ4n) is 2.81. The maximum atomic E-state index is 12.7. The summed E-state index contributed by atoms with van der Waals surface area (Å²) in [5, 5.41) is 4.19. The van der Waals surface area contributed by atoms with Gasteiger partial charge in [-0.05, 0) is 19.3 Å². The number of benzene rings is 1. The van der Waals surface area contributed by atoms with Gasteiger partial charge < -0.3 is 9.42 Å². The standard InChI is InChI=1S/C18H22N2O2/c1-3-4-12-20(2)17(21)18(10-11-18)16-13-15(22-19-16)14-8-6-5-7-9-14/h5-9,13H,3-4,10-12H2,1-2H3. The Morgan fingerprint density at radius 2 is 2.05 bits per heavy atom. The molecule has 0 radical (unpaired) electrons. The minimum atomic E-state index is -0.445. The highest BCUT2D eigenvalue weighted by molar-refractivity contribution is 5.90. The first-order valence-electron chi connectivity index (χ1n) is 7.95. The normalized spacial score (nSPS) is 15.5. The van der Waals surface area contributed by atoms with Crippen LogP contribution in [-0.4, -0.2) is 29.6 Å². The average Bonchev–Trinajstić information content (AvgIpc) is 3.22. The van der Waals surface area contributed by atoms with Crippen molar-refractivity contribution < 1.29 is 9.32 Å². The third-order valence-corrected chi connectivity index (χ3v) is 4.41. The third kappa shape index (κ3) is 2.65. The lowest BCUT2D eigenvalue weighted by atomic mass is 9.99. The van der Waals surface area contributed by atoms with Crippen LogP contribution in [0, 0.1) is 0 Å². The summed E-state index contributed by atoms with van der Waals surface area (Å²) in [7, 11) is 1.89. The van der Waals surface area contributed by atoms with Gasteiger partial charge in [0.2, 0.25) is 5.91 Å². The maximum Gasteiger partial charge on any atom is 0.234 e. The molecule has 0 saturated heterocycles. The van der Waals surface area contributed by atoms with Gasteiger partial charge in [-0.3, -0.25) is 4.79 Å². The van der Waals surface area contributed by atoms with E-state index in [0.717, 1.165) is 49.2 Å². The van der Waals surface area contributed by atoms with Crippen LogP contribution >= 0.6 is 0 Å². The Morgan fingerprint density at radius 3 is 2.68 bits per heavy atom. The molecule has 4 heteroatoms. The molecule has 1 fully saturated rings. The zero-order valence-corrected chi connectivity index (χ0v) is 13.2. The van der Waals surface area contributed by atoms with Crippen LogP contribution in [0.1, 0.15) is 38.3 Å². The quantitative estimate of drug-likeness (QED) is 0.818. The molecule has 0 unspecified atom stereocenters. The maximum absolute atomic E-state index is 12.7. The summed E-state index contributed by atoms with van der Waals surface area (Å²) in [5.74, 6) is 0.903. The molecule has 1 aliphatic rings. The van der Waals surface area contributed by atoms with Crippen molar-refractivity contribution in [2.75, 3.05) is 13.6 Å². The second-order valence-corrected chi connectivity index (χ2v) is 6.10. The van der Waals surface area contributed by atoms with Crippen molar-refractivity contribution in [3.8, 4) is 11.3 Å². The highest BCUT2D eigenvalue weighted by atomic mass is 16.5. The third-order valence-electron chi connectivity index (χ3n) is 4.41. The lowest BCUT2D eigenvalue weighted by Crippen LogP contribution is -2.37. The topological polar surface area (TPSA) is 46.3 Å². The van der Waals surface area contributed by atoms with Crippen LogP contribution in [0.4, 0.5) is 0 Å². The summed E-state index contributed by atoms with van der Waals surface area (Å²) in [6.45, 7) is 2.94. The van der Waals surface area contributed by atoms with Gasteiger partial charge in [0.1, 0.15) is 0 Å². The Balaban J connectivity index is 1.79. The molecule has 0 aliphatic heterocycles. The van der Waals surface area contributed by atoms with Crippen molar-refractivity contribution in [2.45, 2.75) is 38.0 Å². The molecule has 1 amide bonds. The summed E-state index contributed by atoms with van der Waals surface area (Å²) in [4.78, 5) is 14.6. The Labute approximate surface area is 131 Å². The van der Waals surface area contributed by atoms with Gasteiger partial charge in [-0.25, -0.2) is 0 Å². The Morgan fingerprint density at radius 1 is 1.32 bits per heavy atom. The van der Waals surface area contributed by atoms with Gasteiger partial charge in [0, 0.05) is 25.2 Å². The zero-order valence-electron chi connectivity index (χ0n) is 13.2. The smallest absolute Gasteiger partial charge is 0.234 e. The number of carbonyl (C=O) groups is 1. The molecular formula is C18H22N2O2. The number of rotatable bonds is 6. The van der Waals surface area contributed by atoms with Crippen LogP contribution in [0.5, 0.6) is 0 Å². The highest BCUT2D eigenvalue weighted by Crippen LogP contribution is 2.49. The summed E-state index contributed by atoms with van der Waals surface area (Å²) < 4.78 is 5.47. The van der Waals surface area contributed by atoms with Crippen LogP contribution in [0.25, 0.3) is 11.3 Å². The number of hydrogen-bond donors (Lipinski definition) is 0. The number of unbranched alkanes of at least 4 members (excludes halogenated alkanes) is 1. The second-order valence-electron chi connectivity index (χ2n) is 6.10. The molecule has 0 spiro atoms. The number of amides is 1. The first-order valence-corrected chi connectivity index (χ1v) is 7.95. The van der Waals surface area contributed by atoms with E-state index < -0.39 is 5.41 Å².